The number of hydrogen-bond acceptors (Lipinski definition) is 3. The summed E-state index contributed by atoms with van der Waals surface area (Å²) in [5, 5.41) is 8.85. The summed E-state index contributed by atoms with van der Waals surface area (Å²) >= 11 is 5.09. The van der Waals surface area contributed by atoms with Crippen molar-refractivity contribution in [1.82, 2.24) is 0 Å². The first-order chi connectivity index (χ1) is 7.92. The van der Waals surface area contributed by atoms with E-state index < -0.39 is 11.5 Å². The number of aliphatic carboxylic acids is 1. The molecular formula is C12H16BrNO2S. The molecule has 0 spiro atoms. The smallest absolute Gasteiger partial charge is 0.323 e. The first-order valence-electron chi connectivity index (χ1n) is 5.32. The third-order valence-electron chi connectivity index (χ3n) is 2.41. The highest BCUT2D eigenvalue weighted by Crippen LogP contribution is 2.22. The molecule has 0 aliphatic heterocycles. The van der Waals surface area contributed by atoms with Crippen molar-refractivity contribution in [2.45, 2.75) is 30.2 Å². The molecule has 3 N–H and O–H groups in total. The highest BCUT2D eigenvalue weighted by atomic mass is 79.9. The van der Waals surface area contributed by atoms with Gasteiger partial charge in [0.1, 0.15) is 5.54 Å². The van der Waals surface area contributed by atoms with Gasteiger partial charge in [-0.15, -0.1) is 11.8 Å². The fourth-order valence-electron chi connectivity index (χ4n) is 1.27. The number of thioether (sulfide) groups is 1. The Labute approximate surface area is 114 Å². The molecule has 1 aromatic rings. The molecule has 94 valence electrons. The standard InChI is InChI=1S/C12H16BrNO2S/c1-12(14,11(15)16)7-2-8-17-10-5-3-9(13)4-6-10/h3-6H,2,7-8,14H2,1H3,(H,15,16). The Balaban J connectivity index is 2.29. The molecule has 0 saturated heterocycles. The van der Waals surface area contributed by atoms with Gasteiger partial charge in [-0.2, -0.15) is 0 Å². The van der Waals surface area contributed by atoms with Gasteiger partial charge in [-0.05, 0) is 49.8 Å². The lowest BCUT2D eigenvalue weighted by atomic mass is 9.98. The van der Waals surface area contributed by atoms with Crippen LogP contribution in [0.5, 0.6) is 0 Å². The van der Waals surface area contributed by atoms with E-state index in [-0.39, 0.29) is 0 Å². The second-order valence-electron chi connectivity index (χ2n) is 4.13. The maximum Gasteiger partial charge on any atom is 0.323 e. The second-order valence-corrected chi connectivity index (χ2v) is 6.21. The molecule has 1 atom stereocenters. The zero-order chi connectivity index (χ0) is 12.9. The van der Waals surface area contributed by atoms with Gasteiger partial charge in [-0.1, -0.05) is 15.9 Å². The van der Waals surface area contributed by atoms with Crippen molar-refractivity contribution >= 4 is 33.7 Å². The van der Waals surface area contributed by atoms with E-state index >= 15 is 0 Å². The summed E-state index contributed by atoms with van der Waals surface area (Å²) in [6, 6.07) is 8.06. The number of hydrogen-bond donors (Lipinski definition) is 2. The van der Waals surface area contributed by atoms with Crippen LogP contribution in [0.15, 0.2) is 33.6 Å². The number of carbonyl (C=O) groups is 1. The maximum absolute atomic E-state index is 10.8. The summed E-state index contributed by atoms with van der Waals surface area (Å²) in [7, 11) is 0. The summed E-state index contributed by atoms with van der Waals surface area (Å²) in [6.07, 6.45) is 1.28. The van der Waals surface area contributed by atoms with E-state index in [1.54, 1.807) is 18.7 Å². The molecule has 0 radical (unpaired) electrons. The summed E-state index contributed by atoms with van der Waals surface area (Å²) < 4.78 is 1.06. The molecule has 0 heterocycles. The van der Waals surface area contributed by atoms with Crippen LogP contribution in [0.25, 0.3) is 0 Å². The monoisotopic (exact) mass is 317 g/mol. The highest BCUT2D eigenvalue weighted by Gasteiger charge is 2.26. The van der Waals surface area contributed by atoms with Gasteiger partial charge in [0.15, 0.2) is 0 Å². The van der Waals surface area contributed by atoms with Crippen LogP contribution >= 0.6 is 27.7 Å². The molecule has 1 aromatic carbocycles. The Kier molecular flexibility index (Phi) is 5.49. The lowest BCUT2D eigenvalue weighted by Crippen LogP contribution is -2.44. The molecular weight excluding hydrogens is 302 g/mol. The number of carboxylic acid groups (broad SMARTS) is 1. The Bertz CT molecular complexity index is 379. The fraction of sp³-hybridized carbons (Fsp3) is 0.417. The summed E-state index contributed by atoms with van der Waals surface area (Å²) in [5.41, 5.74) is 4.53. The number of benzene rings is 1. The van der Waals surface area contributed by atoms with E-state index in [1.165, 1.54) is 4.90 Å². The Hall–Kier alpha value is -0.520. The molecule has 0 aliphatic rings. The molecule has 0 fully saturated rings. The minimum absolute atomic E-state index is 0.492. The molecule has 0 aliphatic carbocycles. The van der Waals surface area contributed by atoms with Gasteiger partial charge >= 0.3 is 5.97 Å². The fourth-order valence-corrected chi connectivity index (χ4v) is 2.38. The van der Waals surface area contributed by atoms with Gasteiger partial charge < -0.3 is 10.8 Å². The quantitative estimate of drug-likeness (QED) is 0.625. The number of rotatable bonds is 6. The third kappa shape index (κ3) is 5.10. The Morgan fingerprint density at radius 2 is 2.06 bits per heavy atom. The maximum atomic E-state index is 10.8. The third-order valence-corrected chi connectivity index (χ3v) is 4.04. The van der Waals surface area contributed by atoms with E-state index in [0.717, 1.165) is 16.6 Å². The molecule has 0 bridgehead atoms. The largest absolute Gasteiger partial charge is 0.480 e. The van der Waals surface area contributed by atoms with Crippen LogP contribution in [0.4, 0.5) is 0 Å². The summed E-state index contributed by atoms with van der Waals surface area (Å²) in [5.74, 6) is -0.0621. The minimum Gasteiger partial charge on any atom is -0.480 e. The highest BCUT2D eigenvalue weighted by molar-refractivity contribution is 9.10. The van der Waals surface area contributed by atoms with Crippen LogP contribution in [-0.4, -0.2) is 22.4 Å². The van der Waals surface area contributed by atoms with Crippen LogP contribution in [-0.2, 0) is 4.79 Å². The van der Waals surface area contributed by atoms with Crippen molar-refractivity contribution in [3.63, 3.8) is 0 Å². The van der Waals surface area contributed by atoms with E-state index in [4.69, 9.17) is 10.8 Å². The molecule has 3 nitrogen and oxygen atoms in total. The zero-order valence-electron chi connectivity index (χ0n) is 9.65. The van der Waals surface area contributed by atoms with Crippen molar-refractivity contribution in [3.8, 4) is 0 Å². The average molecular weight is 318 g/mol. The lowest BCUT2D eigenvalue weighted by Gasteiger charge is -2.18. The molecule has 17 heavy (non-hydrogen) atoms. The van der Waals surface area contributed by atoms with E-state index in [9.17, 15) is 4.79 Å². The van der Waals surface area contributed by atoms with Crippen molar-refractivity contribution in [2.24, 2.45) is 5.73 Å². The SMILES string of the molecule is CC(N)(CCCSc1ccc(Br)cc1)C(=O)O. The van der Waals surface area contributed by atoms with Crippen molar-refractivity contribution in [2.75, 3.05) is 5.75 Å². The number of nitrogens with two attached hydrogens (primary N) is 1. The first kappa shape index (κ1) is 14.5. The van der Waals surface area contributed by atoms with Gasteiger partial charge in [0, 0.05) is 9.37 Å². The molecule has 0 saturated carbocycles. The topological polar surface area (TPSA) is 63.3 Å². The van der Waals surface area contributed by atoms with E-state index in [0.29, 0.717) is 6.42 Å². The van der Waals surface area contributed by atoms with E-state index in [1.807, 2.05) is 24.3 Å². The van der Waals surface area contributed by atoms with E-state index in [2.05, 4.69) is 15.9 Å². The minimum atomic E-state index is -1.11. The molecule has 0 amide bonds. The predicted octanol–water partition coefficient (Wildman–Crippen LogP) is 3.12. The summed E-state index contributed by atoms with van der Waals surface area (Å²) in [6.45, 7) is 1.56. The predicted molar refractivity (Wildman–Crippen MR) is 74.3 cm³/mol. The van der Waals surface area contributed by atoms with Gasteiger partial charge in [0.05, 0.1) is 0 Å². The van der Waals surface area contributed by atoms with Gasteiger partial charge in [0.2, 0.25) is 0 Å². The Morgan fingerprint density at radius 1 is 1.47 bits per heavy atom. The molecule has 1 unspecified atom stereocenters. The van der Waals surface area contributed by atoms with Crippen LogP contribution in [0, 0.1) is 0 Å². The van der Waals surface area contributed by atoms with Crippen LogP contribution < -0.4 is 5.73 Å². The zero-order valence-corrected chi connectivity index (χ0v) is 12.1. The lowest BCUT2D eigenvalue weighted by molar-refractivity contribution is -0.142. The van der Waals surface area contributed by atoms with Crippen LogP contribution in [0.3, 0.4) is 0 Å². The summed E-state index contributed by atoms with van der Waals surface area (Å²) in [4.78, 5) is 12.0. The molecule has 1 rings (SSSR count). The second kappa shape index (κ2) is 6.42. The average Bonchev–Trinajstić information content (AvgIpc) is 2.26. The number of carboxylic acids is 1. The van der Waals surface area contributed by atoms with Gasteiger partial charge in [0.25, 0.3) is 0 Å². The van der Waals surface area contributed by atoms with Crippen LogP contribution in [0.1, 0.15) is 19.8 Å². The van der Waals surface area contributed by atoms with Crippen LogP contribution in [0.2, 0.25) is 0 Å². The van der Waals surface area contributed by atoms with Gasteiger partial charge in [-0.25, -0.2) is 0 Å². The van der Waals surface area contributed by atoms with Crippen molar-refractivity contribution in [1.29, 1.82) is 0 Å². The number of halogens is 1. The van der Waals surface area contributed by atoms with Crippen molar-refractivity contribution in [3.05, 3.63) is 28.7 Å². The normalized spacial score (nSPS) is 14.3. The Morgan fingerprint density at radius 3 is 2.59 bits per heavy atom. The molecule has 0 aromatic heterocycles. The van der Waals surface area contributed by atoms with Crippen molar-refractivity contribution < 1.29 is 9.90 Å². The molecule has 5 heteroatoms. The van der Waals surface area contributed by atoms with Gasteiger partial charge in [-0.3, -0.25) is 4.79 Å². The first-order valence-corrected chi connectivity index (χ1v) is 7.10.